The van der Waals surface area contributed by atoms with Crippen molar-refractivity contribution in [1.82, 2.24) is 0 Å². The van der Waals surface area contributed by atoms with Gasteiger partial charge in [0.1, 0.15) is 11.4 Å². The second-order valence-electron chi connectivity index (χ2n) is 5.70. The van der Waals surface area contributed by atoms with Gasteiger partial charge in [0.25, 0.3) is 5.69 Å². The molecule has 0 atom stereocenters. The number of sulfone groups is 1. The van der Waals surface area contributed by atoms with Crippen LogP contribution in [-0.2, 0) is 16.3 Å². The van der Waals surface area contributed by atoms with E-state index in [0.29, 0.717) is 13.0 Å². The molecule has 2 rings (SSSR count). The summed E-state index contributed by atoms with van der Waals surface area (Å²) in [5.74, 6) is 0.759. The lowest BCUT2D eigenvalue weighted by atomic mass is 10.1. The Hall–Kier alpha value is -2.61. The van der Waals surface area contributed by atoms with E-state index in [4.69, 9.17) is 4.74 Å². The quantitative estimate of drug-likeness (QED) is 0.599. The molecule has 0 aliphatic heterocycles. The van der Waals surface area contributed by atoms with Gasteiger partial charge >= 0.3 is 0 Å². The van der Waals surface area contributed by atoms with Gasteiger partial charge in [-0.15, -0.1) is 0 Å². The number of benzene rings is 2. The Kier molecular flexibility index (Phi) is 5.63. The Morgan fingerprint density at radius 3 is 2.52 bits per heavy atom. The second-order valence-corrected chi connectivity index (χ2v) is 7.72. The van der Waals surface area contributed by atoms with Crippen molar-refractivity contribution in [2.45, 2.75) is 18.2 Å². The summed E-state index contributed by atoms with van der Waals surface area (Å²) in [5.41, 5.74) is 2.10. The van der Waals surface area contributed by atoms with E-state index in [2.05, 4.69) is 5.32 Å². The van der Waals surface area contributed by atoms with Gasteiger partial charge in [-0.3, -0.25) is 10.1 Å². The molecule has 7 nitrogen and oxygen atoms in total. The van der Waals surface area contributed by atoms with Crippen LogP contribution in [0.25, 0.3) is 0 Å². The van der Waals surface area contributed by atoms with Crippen molar-refractivity contribution in [3.05, 3.63) is 57.6 Å². The van der Waals surface area contributed by atoms with Crippen LogP contribution in [0.15, 0.2) is 41.3 Å². The topological polar surface area (TPSA) is 98.5 Å². The molecule has 2 aromatic carbocycles. The van der Waals surface area contributed by atoms with Gasteiger partial charge in [-0.05, 0) is 37.1 Å². The Morgan fingerprint density at radius 2 is 1.92 bits per heavy atom. The molecule has 0 spiro atoms. The summed E-state index contributed by atoms with van der Waals surface area (Å²) in [6.07, 6.45) is 1.62. The van der Waals surface area contributed by atoms with E-state index in [1.807, 2.05) is 25.1 Å². The molecule has 2 aromatic rings. The number of nitrogens with zero attached hydrogens (tertiary/aromatic N) is 1. The molecule has 0 unspecified atom stereocenters. The lowest BCUT2D eigenvalue weighted by Gasteiger charge is -2.11. The number of hydrogen-bond donors (Lipinski definition) is 1. The first-order valence-corrected chi connectivity index (χ1v) is 9.47. The molecule has 0 amide bonds. The number of aryl methyl sites for hydroxylation is 1. The fourth-order valence-electron chi connectivity index (χ4n) is 2.48. The summed E-state index contributed by atoms with van der Waals surface area (Å²) < 4.78 is 28.4. The lowest BCUT2D eigenvalue weighted by molar-refractivity contribution is -0.384. The van der Waals surface area contributed by atoms with E-state index in [9.17, 15) is 18.5 Å². The number of nitro groups is 1. The average Bonchev–Trinajstić information content (AvgIpc) is 2.54. The number of nitrogens with one attached hydrogen (secondary N) is 1. The molecule has 1 N–H and O–H groups in total. The molecule has 0 saturated carbocycles. The van der Waals surface area contributed by atoms with E-state index < -0.39 is 14.8 Å². The van der Waals surface area contributed by atoms with Gasteiger partial charge in [0, 0.05) is 18.9 Å². The molecule has 0 aliphatic carbocycles. The molecule has 0 fully saturated rings. The molecule has 0 radical (unpaired) electrons. The summed E-state index contributed by atoms with van der Waals surface area (Å²) in [5, 5.41) is 14.2. The van der Waals surface area contributed by atoms with Crippen molar-refractivity contribution < 1.29 is 18.1 Å². The predicted octanol–water partition coefficient (Wildman–Crippen LogP) is 2.97. The van der Waals surface area contributed by atoms with Crippen LogP contribution >= 0.6 is 0 Å². The van der Waals surface area contributed by atoms with Gasteiger partial charge in [-0.1, -0.05) is 17.7 Å². The number of ether oxygens (including phenoxy) is 1. The highest BCUT2D eigenvalue weighted by atomic mass is 32.2. The average molecular weight is 364 g/mol. The van der Waals surface area contributed by atoms with E-state index >= 15 is 0 Å². The Morgan fingerprint density at radius 1 is 1.20 bits per heavy atom. The van der Waals surface area contributed by atoms with Crippen molar-refractivity contribution in [1.29, 1.82) is 0 Å². The van der Waals surface area contributed by atoms with Gasteiger partial charge in [0.05, 0.1) is 16.9 Å². The molecule has 25 heavy (non-hydrogen) atoms. The predicted molar refractivity (Wildman–Crippen MR) is 96.1 cm³/mol. The SMILES string of the molecule is COc1ccc(C)cc1CCNc1ccc(S(C)(=O)=O)cc1[N+](=O)[O-]. The lowest BCUT2D eigenvalue weighted by Crippen LogP contribution is -2.09. The maximum atomic E-state index is 11.6. The minimum absolute atomic E-state index is 0.0786. The monoisotopic (exact) mass is 364 g/mol. The van der Waals surface area contributed by atoms with Crippen LogP contribution < -0.4 is 10.1 Å². The van der Waals surface area contributed by atoms with Crippen molar-refractivity contribution in [3.8, 4) is 5.75 Å². The summed E-state index contributed by atoms with van der Waals surface area (Å²) in [7, 11) is -1.91. The molecular weight excluding hydrogens is 344 g/mol. The van der Waals surface area contributed by atoms with Gasteiger partial charge in [0.15, 0.2) is 9.84 Å². The van der Waals surface area contributed by atoms with Crippen LogP contribution in [0, 0.1) is 17.0 Å². The first-order valence-electron chi connectivity index (χ1n) is 7.58. The smallest absolute Gasteiger partial charge is 0.293 e. The van der Waals surface area contributed by atoms with Crippen molar-refractivity contribution >= 4 is 21.2 Å². The maximum absolute atomic E-state index is 11.6. The zero-order chi connectivity index (χ0) is 18.6. The molecule has 134 valence electrons. The molecule has 0 bridgehead atoms. The highest BCUT2D eigenvalue weighted by Gasteiger charge is 2.18. The number of rotatable bonds is 7. The third kappa shape index (κ3) is 4.69. The van der Waals surface area contributed by atoms with E-state index in [1.165, 1.54) is 12.1 Å². The van der Waals surface area contributed by atoms with E-state index in [1.54, 1.807) is 7.11 Å². The maximum Gasteiger partial charge on any atom is 0.293 e. The Balaban J connectivity index is 2.18. The molecular formula is C17H20N2O5S. The second kappa shape index (κ2) is 7.52. The van der Waals surface area contributed by atoms with Crippen LogP contribution in [0.2, 0.25) is 0 Å². The summed E-state index contributed by atoms with van der Waals surface area (Å²) in [6, 6.07) is 9.69. The van der Waals surface area contributed by atoms with Crippen molar-refractivity contribution in [3.63, 3.8) is 0 Å². The van der Waals surface area contributed by atoms with Crippen LogP contribution in [0.1, 0.15) is 11.1 Å². The zero-order valence-electron chi connectivity index (χ0n) is 14.3. The van der Waals surface area contributed by atoms with Gasteiger partial charge in [0.2, 0.25) is 0 Å². The normalized spacial score (nSPS) is 11.2. The zero-order valence-corrected chi connectivity index (χ0v) is 15.1. The van der Waals surface area contributed by atoms with Gasteiger partial charge in [-0.25, -0.2) is 8.42 Å². The van der Waals surface area contributed by atoms with Crippen molar-refractivity contribution in [2.75, 3.05) is 25.2 Å². The standard InChI is InChI=1S/C17H20N2O5S/c1-12-4-7-17(24-2)13(10-12)8-9-18-15-6-5-14(25(3,22)23)11-16(15)19(20)21/h4-7,10-11,18H,8-9H2,1-3H3. The molecule has 0 saturated heterocycles. The van der Waals surface area contributed by atoms with E-state index in [0.717, 1.165) is 29.2 Å². The number of hydrogen-bond acceptors (Lipinski definition) is 6. The number of nitro benzene ring substituents is 1. The van der Waals surface area contributed by atoms with Gasteiger partial charge in [-0.2, -0.15) is 0 Å². The molecule has 0 aromatic heterocycles. The molecule has 0 heterocycles. The first kappa shape index (κ1) is 18.7. The van der Waals surface area contributed by atoms with Crippen molar-refractivity contribution in [2.24, 2.45) is 0 Å². The summed E-state index contributed by atoms with van der Waals surface area (Å²) >= 11 is 0. The molecule has 8 heteroatoms. The largest absolute Gasteiger partial charge is 0.496 e. The van der Waals surface area contributed by atoms with Crippen LogP contribution in [0.4, 0.5) is 11.4 Å². The number of methoxy groups -OCH3 is 1. The van der Waals surface area contributed by atoms with Crippen LogP contribution in [0.5, 0.6) is 5.75 Å². The third-order valence-corrected chi connectivity index (χ3v) is 4.85. The van der Waals surface area contributed by atoms with Crippen LogP contribution in [-0.4, -0.2) is 33.3 Å². The Bertz CT molecular complexity index is 894. The fourth-order valence-corrected chi connectivity index (χ4v) is 3.12. The summed E-state index contributed by atoms with van der Waals surface area (Å²) in [6.45, 7) is 2.42. The van der Waals surface area contributed by atoms with Crippen LogP contribution in [0.3, 0.4) is 0 Å². The third-order valence-electron chi connectivity index (χ3n) is 3.74. The molecule has 0 aliphatic rings. The first-order chi connectivity index (χ1) is 11.7. The summed E-state index contributed by atoms with van der Waals surface area (Å²) in [4.78, 5) is 10.6. The fraction of sp³-hybridized carbons (Fsp3) is 0.294. The van der Waals surface area contributed by atoms with E-state index in [-0.39, 0.29) is 16.3 Å². The number of anilines is 1. The Labute approximate surface area is 146 Å². The highest BCUT2D eigenvalue weighted by molar-refractivity contribution is 7.90. The minimum atomic E-state index is -3.50. The highest BCUT2D eigenvalue weighted by Crippen LogP contribution is 2.28. The van der Waals surface area contributed by atoms with Gasteiger partial charge < -0.3 is 10.1 Å². The minimum Gasteiger partial charge on any atom is -0.496 e.